The van der Waals surface area contributed by atoms with Crippen LogP contribution in [0.1, 0.15) is 31.4 Å². The Balaban J connectivity index is 1.63. The SMILES string of the molecule is NC1CCC(Nc2nccc(/C=C3/CNCS3)n2)CC1. The van der Waals surface area contributed by atoms with Crippen molar-refractivity contribution < 1.29 is 0 Å². The van der Waals surface area contributed by atoms with Crippen LogP contribution in [0.3, 0.4) is 0 Å². The van der Waals surface area contributed by atoms with E-state index in [1.165, 1.54) is 4.91 Å². The molecule has 0 atom stereocenters. The van der Waals surface area contributed by atoms with Gasteiger partial charge in [-0.1, -0.05) is 0 Å². The molecule has 0 unspecified atom stereocenters. The number of anilines is 1. The molecule has 20 heavy (non-hydrogen) atoms. The summed E-state index contributed by atoms with van der Waals surface area (Å²) in [6.45, 7) is 0.942. The quantitative estimate of drug-likeness (QED) is 0.788. The Labute approximate surface area is 123 Å². The number of aromatic nitrogens is 2. The molecule has 2 fully saturated rings. The van der Waals surface area contributed by atoms with Gasteiger partial charge in [0.25, 0.3) is 0 Å². The summed E-state index contributed by atoms with van der Waals surface area (Å²) < 4.78 is 0. The lowest BCUT2D eigenvalue weighted by atomic mass is 9.92. The van der Waals surface area contributed by atoms with Crippen molar-refractivity contribution in [3.05, 3.63) is 22.9 Å². The molecule has 108 valence electrons. The molecule has 0 bridgehead atoms. The second-order valence-electron chi connectivity index (χ2n) is 5.39. The van der Waals surface area contributed by atoms with Crippen molar-refractivity contribution in [2.45, 2.75) is 37.8 Å². The topological polar surface area (TPSA) is 75.9 Å². The van der Waals surface area contributed by atoms with E-state index in [2.05, 4.69) is 26.7 Å². The van der Waals surface area contributed by atoms with Gasteiger partial charge in [0, 0.05) is 35.6 Å². The van der Waals surface area contributed by atoms with Gasteiger partial charge in [0.2, 0.25) is 5.95 Å². The normalized spacial score (nSPS) is 28.8. The molecular formula is C14H21N5S. The van der Waals surface area contributed by atoms with E-state index in [0.29, 0.717) is 12.1 Å². The summed E-state index contributed by atoms with van der Waals surface area (Å²) in [6, 6.07) is 2.78. The van der Waals surface area contributed by atoms with E-state index < -0.39 is 0 Å². The van der Waals surface area contributed by atoms with Crippen molar-refractivity contribution in [2.75, 3.05) is 17.7 Å². The van der Waals surface area contributed by atoms with Crippen LogP contribution in [0.25, 0.3) is 6.08 Å². The van der Waals surface area contributed by atoms with Crippen molar-refractivity contribution in [2.24, 2.45) is 5.73 Å². The Kier molecular flexibility index (Phi) is 4.54. The number of hydrogen-bond acceptors (Lipinski definition) is 6. The van der Waals surface area contributed by atoms with Gasteiger partial charge in [0.1, 0.15) is 0 Å². The van der Waals surface area contributed by atoms with Crippen LogP contribution in [0.15, 0.2) is 17.2 Å². The summed E-state index contributed by atoms with van der Waals surface area (Å²) in [4.78, 5) is 10.2. The Morgan fingerprint density at radius 2 is 2.20 bits per heavy atom. The highest BCUT2D eigenvalue weighted by molar-refractivity contribution is 8.03. The molecule has 0 spiro atoms. The maximum atomic E-state index is 5.93. The molecule has 0 radical (unpaired) electrons. The van der Waals surface area contributed by atoms with Crippen LogP contribution in [0.4, 0.5) is 5.95 Å². The second-order valence-corrected chi connectivity index (χ2v) is 6.49. The van der Waals surface area contributed by atoms with E-state index in [1.54, 1.807) is 0 Å². The summed E-state index contributed by atoms with van der Waals surface area (Å²) in [6.07, 6.45) is 8.34. The third-order valence-corrected chi connectivity index (χ3v) is 4.73. The fourth-order valence-corrected chi connectivity index (χ4v) is 3.39. The number of nitrogens with two attached hydrogens (primary N) is 1. The molecule has 1 aliphatic heterocycles. The van der Waals surface area contributed by atoms with Gasteiger partial charge in [0.05, 0.1) is 5.69 Å². The maximum absolute atomic E-state index is 5.93. The zero-order chi connectivity index (χ0) is 13.8. The first-order valence-electron chi connectivity index (χ1n) is 7.19. The fraction of sp³-hybridized carbons (Fsp3) is 0.571. The van der Waals surface area contributed by atoms with Crippen molar-refractivity contribution in [1.82, 2.24) is 15.3 Å². The minimum atomic E-state index is 0.372. The van der Waals surface area contributed by atoms with Gasteiger partial charge in [-0.3, -0.25) is 0 Å². The van der Waals surface area contributed by atoms with Gasteiger partial charge in [-0.25, -0.2) is 9.97 Å². The summed E-state index contributed by atoms with van der Waals surface area (Å²) in [5.41, 5.74) is 6.90. The lowest BCUT2D eigenvalue weighted by Crippen LogP contribution is -2.33. The molecule has 1 saturated heterocycles. The molecule has 2 aliphatic rings. The zero-order valence-corrected chi connectivity index (χ0v) is 12.3. The number of nitrogens with one attached hydrogen (secondary N) is 2. The van der Waals surface area contributed by atoms with Gasteiger partial charge in [-0.15, -0.1) is 11.8 Å². The van der Waals surface area contributed by atoms with Crippen LogP contribution in [-0.4, -0.2) is 34.5 Å². The highest BCUT2D eigenvalue weighted by atomic mass is 32.2. The Morgan fingerprint density at radius 3 is 2.95 bits per heavy atom. The summed E-state index contributed by atoms with van der Waals surface area (Å²) in [5.74, 6) is 1.72. The van der Waals surface area contributed by atoms with Crippen LogP contribution < -0.4 is 16.4 Å². The van der Waals surface area contributed by atoms with Gasteiger partial charge in [-0.05, 0) is 37.8 Å². The summed E-state index contributed by atoms with van der Waals surface area (Å²) in [5, 5.41) is 6.74. The molecule has 1 aromatic rings. The minimum absolute atomic E-state index is 0.372. The third kappa shape index (κ3) is 3.71. The second kappa shape index (κ2) is 6.56. The van der Waals surface area contributed by atoms with E-state index >= 15 is 0 Å². The summed E-state index contributed by atoms with van der Waals surface area (Å²) in [7, 11) is 0. The lowest BCUT2D eigenvalue weighted by molar-refractivity contribution is 0.410. The average molecular weight is 291 g/mol. The lowest BCUT2D eigenvalue weighted by Gasteiger charge is -2.26. The van der Waals surface area contributed by atoms with Gasteiger partial charge < -0.3 is 16.4 Å². The van der Waals surface area contributed by atoms with E-state index in [9.17, 15) is 0 Å². The number of rotatable bonds is 3. The highest BCUT2D eigenvalue weighted by Gasteiger charge is 2.18. The molecular weight excluding hydrogens is 270 g/mol. The first kappa shape index (κ1) is 13.9. The predicted octanol–water partition coefficient (Wildman–Crippen LogP) is 1.79. The zero-order valence-electron chi connectivity index (χ0n) is 11.5. The standard InChI is InChI=1S/C14H21N5S/c15-10-1-3-11(4-2-10)18-14-17-6-5-12(19-14)7-13-8-16-9-20-13/h5-7,10-11,16H,1-4,8-9,15H2,(H,17,18,19)/b13-7-. The first-order chi connectivity index (χ1) is 9.79. The molecule has 5 nitrogen and oxygen atoms in total. The highest BCUT2D eigenvalue weighted by Crippen LogP contribution is 2.22. The molecule has 0 amide bonds. The van der Waals surface area contributed by atoms with Crippen LogP contribution in [0.2, 0.25) is 0 Å². The van der Waals surface area contributed by atoms with E-state index in [-0.39, 0.29) is 0 Å². The van der Waals surface area contributed by atoms with Crippen molar-refractivity contribution in [3.63, 3.8) is 0 Å². The van der Waals surface area contributed by atoms with Crippen LogP contribution >= 0.6 is 11.8 Å². The Hall–Kier alpha value is -1.11. The minimum Gasteiger partial charge on any atom is -0.351 e. The maximum Gasteiger partial charge on any atom is 0.223 e. The van der Waals surface area contributed by atoms with E-state index in [1.807, 2.05) is 24.0 Å². The van der Waals surface area contributed by atoms with Gasteiger partial charge in [0.15, 0.2) is 0 Å². The molecule has 3 rings (SSSR count). The Morgan fingerprint density at radius 1 is 1.35 bits per heavy atom. The van der Waals surface area contributed by atoms with Crippen molar-refractivity contribution in [3.8, 4) is 0 Å². The monoisotopic (exact) mass is 291 g/mol. The van der Waals surface area contributed by atoms with E-state index in [0.717, 1.165) is 49.7 Å². The molecule has 1 aliphatic carbocycles. The van der Waals surface area contributed by atoms with Gasteiger partial charge in [-0.2, -0.15) is 0 Å². The number of thioether (sulfide) groups is 1. The molecule has 6 heteroatoms. The average Bonchev–Trinajstić information content (AvgIpc) is 2.95. The molecule has 4 N–H and O–H groups in total. The summed E-state index contributed by atoms with van der Waals surface area (Å²) >= 11 is 1.83. The van der Waals surface area contributed by atoms with Crippen LogP contribution in [0, 0.1) is 0 Å². The number of nitrogens with zero attached hydrogens (tertiary/aromatic N) is 2. The van der Waals surface area contributed by atoms with Crippen LogP contribution in [-0.2, 0) is 0 Å². The predicted molar refractivity (Wildman–Crippen MR) is 84.3 cm³/mol. The van der Waals surface area contributed by atoms with Crippen molar-refractivity contribution in [1.29, 1.82) is 0 Å². The van der Waals surface area contributed by atoms with E-state index in [4.69, 9.17) is 5.73 Å². The number of hydrogen-bond donors (Lipinski definition) is 3. The van der Waals surface area contributed by atoms with Crippen molar-refractivity contribution >= 4 is 23.8 Å². The molecule has 1 aromatic heterocycles. The first-order valence-corrected chi connectivity index (χ1v) is 8.17. The molecule has 1 saturated carbocycles. The van der Waals surface area contributed by atoms with Gasteiger partial charge >= 0.3 is 0 Å². The smallest absolute Gasteiger partial charge is 0.223 e. The third-order valence-electron chi connectivity index (χ3n) is 3.75. The molecule has 2 heterocycles. The van der Waals surface area contributed by atoms with Crippen LogP contribution in [0.5, 0.6) is 0 Å². The fourth-order valence-electron chi connectivity index (χ4n) is 2.60. The Bertz CT molecular complexity index is 474. The largest absolute Gasteiger partial charge is 0.351 e. The molecule has 0 aromatic carbocycles.